The van der Waals surface area contributed by atoms with Gasteiger partial charge in [-0.25, -0.2) is 0 Å². The standard InChI is InChI=1S/C32H24NS.C14H16GeN.Ir/c1-21(2)25-17-18-33-30(19-25)29-10-6-9-28-27-16-15-26(20-31(27)34-32(28)29)24-13-11-23(12-14-24)22-7-4-3-5-8-22;1-15(2,3)13-9-10-14(16-11-13)12-7-5-4-6-8-12;/h3-9,11-21H,1-2H3;4-7,9-11H,1-3H3;/q2*-1;/i21D;;. The summed E-state index contributed by atoms with van der Waals surface area (Å²) in [7, 11) is 0. The molecule has 8 rings (SSSR count). The van der Waals surface area contributed by atoms with Crippen molar-refractivity contribution in [2.75, 3.05) is 0 Å². The van der Waals surface area contributed by atoms with Crippen molar-refractivity contribution in [3.05, 3.63) is 164 Å². The first-order valence-corrected chi connectivity index (χ1v) is 25.1. The molecule has 0 saturated carbocycles. The van der Waals surface area contributed by atoms with E-state index >= 15 is 0 Å². The SMILES string of the molecule is [2H]C(C)(C)c1ccnc(-c2[c-]ccc3c2sc2cc(-c4ccc(-c5ccccc5)cc4)ccc23)c1.[CH3][Ge]([CH3])([CH3])[c]1ccc(-c2[c-]cccc2)nc1.[Ir]. The first-order valence-electron chi connectivity index (χ1n) is 17.5. The average molecular weight is 919 g/mol. The molecule has 0 atom stereocenters. The number of hydrogen-bond donors (Lipinski definition) is 0. The van der Waals surface area contributed by atoms with Crippen molar-refractivity contribution in [2.45, 2.75) is 37.0 Å². The molecular weight excluding hydrogens is 877 g/mol. The molecule has 5 aromatic carbocycles. The van der Waals surface area contributed by atoms with Crippen molar-refractivity contribution in [3.8, 4) is 44.8 Å². The minimum atomic E-state index is -1.72. The molecular formula is C46H40GeIrN2S-2. The summed E-state index contributed by atoms with van der Waals surface area (Å²) in [6.07, 6.45) is 3.84. The van der Waals surface area contributed by atoms with Gasteiger partial charge in [-0.2, -0.15) is 11.3 Å². The van der Waals surface area contributed by atoms with Crippen LogP contribution in [0.3, 0.4) is 0 Å². The monoisotopic (exact) mass is 920 g/mol. The molecule has 8 aromatic rings. The molecule has 2 nitrogen and oxygen atoms in total. The van der Waals surface area contributed by atoms with Crippen LogP contribution in [0, 0.1) is 12.1 Å². The van der Waals surface area contributed by atoms with Gasteiger partial charge in [0.2, 0.25) is 0 Å². The number of aromatic nitrogens is 2. The molecule has 0 aliphatic rings. The van der Waals surface area contributed by atoms with Crippen LogP contribution in [0.2, 0.25) is 17.3 Å². The number of benzene rings is 5. The minimum Gasteiger partial charge on any atom is 0 e. The van der Waals surface area contributed by atoms with Gasteiger partial charge in [-0.1, -0.05) is 97.6 Å². The predicted octanol–water partition coefficient (Wildman–Crippen LogP) is 12.5. The van der Waals surface area contributed by atoms with Crippen LogP contribution in [0.5, 0.6) is 0 Å². The third-order valence-corrected chi connectivity index (χ3v) is 14.4. The molecule has 0 amide bonds. The van der Waals surface area contributed by atoms with Crippen LogP contribution >= 0.6 is 11.3 Å². The molecule has 3 aromatic heterocycles. The summed E-state index contributed by atoms with van der Waals surface area (Å²) in [6, 6.07) is 53.0. The number of rotatable bonds is 6. The molecule has 0 aliphatic heterocycles. The van der Waals surface area contributed by atoms with Crippen LogP contribution in [0.4, 0.5) is 0 Å². The maximum atomic E-state index is 8.41. The summed E-state index contributed by atoms with van der Waals surface area (Å²) >= 11 is 0.0713. The van der Waals surface area contributed by atoms with Crippen molar-refractivity contribution in [3.63, 3.8) is 0 Å². The molecule has 1 radical (unpaired) electrons. The topological polar surface area (TPSA) is 25.8 Å². The fourth-order valence-corrected chi connectivity index (χ4v) is 9.44. The van der Waals surface area contributed by atoms with E-state index in [4.69, 9.17) is 1.37 Å². The Hall–Kier alpha value is -4.19. The Kier molecular flexibility index (Phi) is 11.1. The number of hydrogen-bond acceptors (Lipinski definition) is 3. The summed E-state index contributed by atoms with van der Waals surface area (Å²) in [4.78, 5) is 9.16. The average Bonchev–Trinajstić information content (AvgIpc) is 3.54. The van der Waals surface area contributed by atoms with Gasteiger partial charge in [0, 0.05) is 32.4 Å². The molecule has 0 saturated heterocycles. The van der Waals surface area contributed by atoms with Crippen LogP contribution in [0.25, 0.3) is 64.9 Å². The van der Waals surface area contributed by atoms with Crippen LogP contribution < -0.4 is 4.40 Å². The number of pyridine rings is 2. The fourth-order valence-electron chi connectivity index (χ4n) is 6.02. The summed E-state index contributed by atoms with van der Waals surface area (Å²) in [6.45, 7) is 3.81. The van der Waals surface area contributed by atoms with Gasteiger partial charge in [0.05, 0.1) is 0 Å². The normalized spacial score (nSPS) is 11.7. The first-order chi connectivity index (χ1) is 24.5. The van der Waals surface area contributed by atoms with Crippen molar-refractivity contribution < 1.29 is 21.5 Å². The van der Waals surface area contributed by atoms with E-state index in [-0.39, 0.29) is 20.1 Å². The van der Waals surface area contributed by atoms with Gasteiger partial charge < -0.3 is 4.98 Å². The van der Waals surface area contributed by atoms with Crippen molar-refractivity contribution in [1.29, 1.82) is 0 Å². The molecule has 5 heteroatoms. The maximum Gasteiger partial charge on any atom is 0 e. The zero-order valence-electron chi connectivity index (χ0n) is 30.5. The summed E-state index contributed by atoms with van der Waals surface area (Å²) < 4.78 is 12.3. The minimum absolute atomic E-state index is 0. The Morgan fingerprint density at radius 2 is 1.35 bits per heavy atom. The van der Waals surface area contributed by atoms with Gasteiger partial charge in [0.15, 0.2) is 0 Å². The Balaban J connectivity index is 0.000000230. The Morgan fingerprint density at radius 1 is 0.647 bits per heavy atom. The fraction of sp³-hybridized carbons (Fsp3) is 0.130. The molecule has 0 unspecified atom stereocenters. The first kappa shape index (κ1) is 35.2. The second-order valence-corrected chi connectivity index (χ2v) is 25.4. The molecule has 0 aliphatic carbocycles. The van der Waals surface area contributed by atoms with E-state index in [1.807, 2.05) is 68.6 Å². The van der Waals surface area contributed by atoms with Crippen LogP contribution in [0.15, 0.2) is 146 Å². The van der Waals surface area contributed by atoms with E-state index in [1.165, 1.54) is 46.8 Å². The van der Waals surface area contributed by atoms with Crippen LogP contribution in [-0.4, -0.2) is 23.2 Å². The van der Waals surface area contributed by atoms with E-state index in [0.717, 1.165) is 28.1 Å². The summed E-state index contributed by atoms with van der Waals surface area (Å²) in [5.74, 6) is 6.47. The largest absolute Gasteiger partial charge is 0 e. The molecule has 3 heterocycles. The van der Waals surface area contributed by atoms with Crippen LogP contribution in [0.1, 0.15) is 26.7 Å². The molecule has 0 N–H and O–H groups in total. The molecule has 51 heavy (non-hydrogen) atoms. The number of thiophene rings is 1. The van der Waals surface area contributed by atoms with E-state index in [9.17, 15) is 0 Å². The third kappa shape index (κ3) is 8.32. The number of fused-ring (bicyclic) bond motifs is 3. The van der Waals surface area contributed by atoms with Crippen LogP contribution in [-0.2, 0) is 20.1 Å². The zero-order chi connectivity index (χ0) is 35.6. The van der Waals surface area contributed by atoms with E-state index < -0.39 is 19.2 Å². The maximum absolute atomic E-state index is 8.41. The smallest absolute Gasteiger partial charge is 0 e. The molecule has 0 fully saturated rings. The number of nitrogens with zero attached hydrogens (tertiary/aromatic N) is 2. The zero-order valence-corrected chi connectivity index (χ0v) is 34.8. The van der Waals surface area contributed by atoms with E-state index in [2.05, 4.69) is 124 Å². The van der Waals surface area contributed by atoms with Crippen molar-refractivity contribution >= 4 is 49.2 Å². The van der Waals surface area contributed by atoms with Gasteiger partial charge >= 0.3 is 99.8 Å². The molecule has 0 spiro atoms. The van der Waals surface area contributed by atoms with Gasteiger partial charge in [0.25, 0.3) is 0 Å². The van der Waals surface area contributed by atoms with E-state index in [1.54, 1.807) is 17.5 Å². The predicted molar refractivity (Wildman–Crippen MR) is 218 cm³/mol. The third-order valence-electron chi connectivity index (χ3n) is 8.97. The van der Waals surface area contributed by atoms with Gasteiger partial charge in [-0.05, 0) is 56.1 Å². The van der Waals surface area contributed by atoms with Gasteiger partial charge in [-0.3, -0.25) is 0 Å². The molecule has 255 valence electrons. The quantitative estimate of drug-likeness (QED) is 0.123. The second kappa shape index (κ2) is 16.0. The summed E-state index contributed by atoms with van der Waals surface area (Å²) in [5, 5.41) is 2.48. The van der Waals surface area contributed by atoms with Crippen molar-refractivity contribution in [2.24, 2.45) is 0 Å². The second-order valence-electron chi connectivity index (χ2n) is 13.7. The van der Waals surface area contributed by atoms with Crippen molar-refractivity contribution in [1.82, 2.24) is 9.97 Å². The Labute approximate surface area is 323 Å². The molecule has 0 bridgehead atoms. The van der Waals surface area contributed by atoms with Gasteiger partial charge in [-0.15, -0.1) is 23.8 Å². The Morgan fingerprint density at radius 3 is 2.02 bits per heavy atom. The van der Waals surface area contributed by atoms with E-state index in [0.29, 0.717) is 0 Å². The van der Waals surface area contributed by atoms with Gasteiger partial charge in [0.1, 0.15) is 0 Å². The Bertz CT molecular complexity index is 2410. The summed E-state index contributed by atoms with van der Waals surface area (Å²) in [5.41, 5.74) is 9.78.